The highest BCUT2D eigenvalue weighted by molar-refractivity contribution is 4.92. The van der Waals surface area contributed by atoms with Gasteiger partial charge in [0, 0.05) is 12.1 Å². The Kier molecular flexibility index (Phi) is 5.07. The molecule has 1 rings (SSSR count). The lowest BCUT2D eigenvalue weighted by atomic mass is 9.69. The molecule has 15 heavy (non-hydrogen) atoms. The Balaban J connectivity index is 2.56. The number of ether oxygens (including phenoxy) is 1. The maximum atomic E-state index is 6.42. The first-order valence-electron chi connectivity index (χ1n) is 6.48. The minimum Gasteiger partial charge on any atom is -0.380 e. The van der Waals surface area contributed by atoms with Gasteiger partial charge in [0.05, 0.1) is 6.61 Å². The topological polar surface area (TPSA) is 35.2 Å². The lowest BCUT2D eigenvalue weighted by Crippen LogP contribution is -2.51. The molecule has 0 radical (unpaired) electrons. The number of hydrogen-bond acceptors (Lipinski definition) is 2. The van der Waals surface area contributed by atoms with Gasteiger partial charge in [0.2, 0.25) is 0 Å². The Labute approximate surface area is 94.6 Å². The highest BCUT2D eigenvalue weighted by Crippen LogP contribution is 2.38. The van der Waals surface area contributed by atoms with Crippen LogP contribution >= 0.6 is 0 Å². The molecule has 1 aliphatic carbocycles. The van der Waals surface area contributed by atoms with Gasteiger partial charge in [-0.3, -0.25) is 0 Å². The van der Waals surface area contributed by atoms with Crippen LogP contribution in [0.5, 0.6) is 0 Å². The fourth-order valence-corrected chi connectivity index (χ4v) is 2.99. The molecule has 2 heteroatoms. The van der Waals surface area contributed by atoms with Crippen LogP contribution in [0.3, 0.4) is 0 Å². The van der Waals surface area contributed by atoms with Crippen molar-refractivity contribution in [1.29, 1.82) is 0 Å². The quantitative estimate of drug-likeness (QED) is 0.762. The normalized spacial score (nSPS) is 31.2. The molecule has 1 aliphatic rings. The molecule has 0 heterocycles. The maximum Gasteiger partial charge on any atom is 0.0646 e. The van der Waals surface area contributed by atoms with Crippen molar-refractivity contribution in [3.8, 4) is 0 Å². The zero-order valence-corrected chi connectivity index (χ0v) is 10.6. The van der Waals surface area contributed by atoms with Crippen molar-refractivity contribution in [2.75, 3.05) is 13.2 Å². The molecule has 0 spiro atoms. The molecule has 1 saturated carbocycles. The molecule has 0 aromatic carbocycles. The number of hydrogen-bond donors (Lipinski definition) is 1. The largest absolute Gasteiger partial charge is 0.380 e. The van der Waals surface area contributed by atoms with Crippen LogP contribution in [0.2, 0.25) is 0 Å². The van der Waals surface area contributed by atoms with Crippen LogP contribution in [0.25, 0.3) is 0 Å². The van der Waals surface area contributed by atoms with Crippen LogP contribution in [0.1, 0.15) is 52.9 Å². The van der Waals surface area contributed by atoms with E-state index >= 15 is 0 Å². The predicted molar refractivity (Wildman–Crippen MR) is 64.8 cm³/mol. The highest BCUT2D eigenvalue weighted by Gasteiger charge is 2.36. The fraction of sp³-hybridized carbons (Fsp3) is 1.00. The molecule has 0 aromatic rings. The zero-order chi connectivity index (χ0) is 11.3. The SMILES string of the molecule is CCOCC(C)(N)C1CCCCC1CC. The van der Waals surface area contributed by atoms with Gasteiger partial charge < -0.3 is 10.5 Å². The average Bonchev–Trinajstić information content (AvgIpc) is 2.26. The molecule has 0 amide bonds. The van der Waals surface area contributed by atoms with E-state index in [0.717, 1.165) is 12.5 Å². The first-order valence-corrected chi connectivity index (χ1v) is 6.48. The fourth-order valence-electron chi connectivity index (χ4n) is 2.99. The van der Waals surface area contributed by atoms with Crippen molar-refractivity contribution in [2.45, 2.75) is 58.4 Å². The van der Waals surface area contributed by atoms with E-state index in [9.17, 15) is 0 Å². The zero-order valence-electron chi connectivity index (χ0n) is 10.6. The molecule has 0 aliphatic heterocycles. The molecule has 2 nitrogen and oxygen atoms in total. The van der Waals surface area contributed by atoms with Crippen molar-refractivity contribution in [3.63, 3.8) is 0 Å². The van der Waals surface area contributed by atoms with Gasteiger partial charge >= 0.3 is 0 Å². The van der Waals surface area contributed by atoms with Gasteiger partial charge in [0.15, 0.2) is 0 Å². The van der Waals surface area contributed by atoms with Gasteiger partial charge in [-0.1, -0.05) is 32.6 Å². The second-order valence-electron chi connectivity index (χ2n) is 5.20. The lowest BCUT2D eigenvalue weighted by molar-refractivity contribution is 0.0397. The van der Waals surface area contributed by atoms with Crippen molar-refractivity contribution in [1.82, 2.24) is 0 Å². The Morgan fingerprint density at radius 1 is 1.27 bits per heavy atom. The third-order valence-corrected chi connectivity index (χ3v) is 3.90. The Hall–Kier alpha value is -0.0800. The summed E-state index contributed by atoms with van der Waals surface area (Å²) in [6.45, 7) is 7.98. The van der Waals surface area contributed by atoms with Crippen LogP contribution in [0.4, 0.5) is 0 Å². The van der Waals surface area contributed by atoms with E-state index in [1.54, 1.807) is 0 Å². The molecule has 0 saturated heterocycles. The maximum absolute atomic E-state index is 6.42. The van der Waals surface area contributed by atoms with Crippen LogP contribution in [0.15, 0.2) is 0 Å². The lowest BCUT2D eigenvalue weighted by Gasteiger charge is -2.41. The van der Waals surface area contributed by atoms with E-state index in [1.165, 1.54) is 32.1 Å². The molecule has 3 atom stereocenters. The Morgan fingerprint density at radius 2 is 1.93 bits per heavy atom. The van der Waals surface area contributed by atoms with Crippen LogP contribution < -0.4 is 5.73 Å². The monoisotopic (exact) mass is 213 g/mol. The van der Waals surface area contributed by atoms with Gasteiger partial charge in [-0.15, -0.1) is 0 Å². The molecule has 2 N–H and O–H groups in total. The smallest absolute Gasteiger partial charge is 0.0646 e. The van der Waals surface area contributed by atoms with E-state index in [4.69, 9.17) is 10.5 Å². The summed E-state index contributed by atoms with van der Waals surface area (Å²) in [5.41, 5.74) is 6.29. The second kappa shape index (κ2) is 5.86. The summed E-state index contributed by atoms with van der Waals surface area (Å²) in [4.78, 5) is 0. The Bertz CT molecular complexity index is 179. The summed E-state index contributed by atoms with van der Waals surface area (Å²) < 4.78 is 5.52. The molecule has 0 bridgehead atoms. The summed E-state index contributed by atoms with van der Waals surface area (Å²) in [5, 5.41) is 0. The summed E-state index contributed by atoms with van der Waals surface area (Å²) >= 11 is 0. The highest BCUT2D eigenvalue weighted by atomic mass is 16.5. The van der Waals surface area contributed by atoms with Gasteiger partial charge in [0.1, 0.15) is 0 Å². The molecular formula is C13H27NO. The third-order valence-electron chi connectivity index (χ3n) is 3.90. The average molecular weight is 213 g/mol. The predicted octanol–water partition coefficient (Wildman–Crippen LogP) is 2.96. The summed E-state index contributed by atoms with van der Waals surface area (Å²) in [5.74, 6) is 1.47. The minimum atomic E-state index is -0.128. The number of nitrogens with two attached hydrogens (primary N) is 1. The molecule has 0 aromatic heterocycles. The molecule has 1 fully saturated rings. The van der Waals surface area contributed by atoms with Crippen molar-refractivity contribution in [2.24, 2.45) is 17.6 Å². The van der Waals surface area contributed by atoms with Crippen LogP contribution in [-0.2, 0) is 4.74 Å². The van der Waals surface area contributed by atoms with E-state index in [0.29, 0.717) is 12.5 Å². The van der Waals surface area contributed by atoms with E-state index in [1.807, 2.05) is 6.92 Å². The van der Waals surface area contributed by atoms with Gasteiger partial charge in [-0.2, -0.15) is 0 Å². The van der Waals surface area contributed by atoms with E-state index in [-0.39, 0.29) is 5.54 Å². The van der Waals surface area contributed by atoms with Crippen LogP contribution in [0, 0.1) is 11.8 Å². The van der Waals surface area contributed by atoms with E-state index < -0.39 is 0 Å². The van der Waals surface area contributed by atoms with Crippen LogP contribution in [-0.4, -0.2) is 18.8 Å². The van der Waals surface area contributed by atoms with Crippen molar-refractivity contribution >= 4 is 0 Å². The molecule has 90 valence electrons. The summed E-state index contributed by atoms with van der Waals surface area (Å²) in [6, 6.07) is 0. The summed E-state index contributed by atoms with van der Waals surface area (Å²) in [6.07, 6.45) is 6.65. The first-order chi connectivity index (χ1) is 7.11. The van der Waals surface area contributed by atoms with Gasteiger partial charge in [-0.05, 0) is 32.1 Å². The molecule has 3 unspecified atom stereocenters. The van der Waals surface area contributed by atoms with Crippen molar-refractivity contribution in [3.05, 3.63) is 0 Å². The summed E-state index contributed by atoms with van der Waals surface area (Å²) in [7, 11) is 0. The van der Waals surface area contributed by atoms with Crippen molar-refractivity contribution < 1.29 is 4.74 Å². The second-order valence-corrected chi connectivity index (χ2v) is 5.20. The Morgan fingerprint density at radius 3 is 2.53 bits per heavy atom. The van der Waals surface area contributed by atoms with E-state index in [2.05, 4.69) is 13.8 Å². The third kappa shape index (κ3) is 3.46. The minimum absolute atomic E-state index is 0.128. The standard InChI is InChI=1S/C13H27NO/c1-4-11-8-6-7-9-12(11)13(3,14)10-15-5-2/h11-12H,4-10,14H2,1-3H3. The number of rotatable bonds is 5. The first kappa shape index (κ1) is 13.0. The van der Waals surface area contributed by atoms with Gasteiger partial charge in [0.25, 0.3) is 0 Å². The molecular weight excluding hydrogens is 186 g/mol. The van der Waals surface area contributed by atoms with Gasteiger partial charge in [-0.25, -0.2) is 0 Å².